The molecule has 0 fully saturated rings. The molecule has 306 valence electrons. The molecule has 0 heterocycles. The SMILES string of the molecule is Cc1c(-c2ccccc2)c2c(c(-c3ccccc3)c1-c1cccc3c(N(c4ccccc4)c4ccccc4)cccc13)-c1cccc3c(N(c4ccccc4)c4ccccc4)ccc-2c13. The number of fused-ring (bicyclic) bond motifs is 4. The zero-order valence-electron chi connectivity index (χ0n) is 36.1. The van der Waals surface area contributed by atoms with Crippen molar-refractivity contribution < 1.29 is 0 Å². The van der Waals surface area contributed by atoms with Crippen LogP contribution in [0.5, 0.6) is 0 Å². The maximum atomic E-state index is 2.40. The lowest BCUT2D eigenvalue weighted by Crippen LogP contribution is -2.10. The highest BCUT2D eigenvalue weighted by Gasteiger charge is 2.34. The molecule has 2 nitrogen and oxygen atoms in total. The third-order valence-electron chi connectivity index (χ3n) is 13.1. The summed E-state index contributed by atoms with van der Waals surface area (Å²) in [5.74, 6) is 0. The molecule has 0 radical (unpaired) electrons. The Labute approximate surface area is 380 Å². The van der Waals surface area contributed by atoms with Crippen molar-refractivity contribution in [2.75, 3.05) is 9.80 Å². The van der Waals surface area contributed by atoms with Gasteiger partial charge in [0.2, 0.25) is 0 Å². The molecule has 11 aromatic rings. The number of benzene rings is 11. The first-order valence-corrected chi connectivity index (χ1v) is 22.4. The predicted octanol–water partition coefficient (Wildman–Crippen LogP) is 17.9. The van der Waals surface area contributed by atoms with E-state index in [-0.39, 0.29) is 0 Å². The van der Waals surface area contributed by atoms with Crippen molar-refractivity contribution in [3.05, 3.63) is 254 Å². The van der Waals surface area contributed by atoms with Crippen molar-refractivity contribution in [3.8, 4) is 55.6 Å². The van der Waals surface area contributed by atoms with Crippen LogP contribution >= 0.6 is 0 Å². The number of hydrogen-bond donors (Lipinski definition) is 0. The smallest absolute Gasteiger partial charge is 0.0540 e. The van der Waals surface area contributed by atoms with Gasteiger partial charge in [-0.2, -0.15) is 0 Å². The van der Waals surface area contributed by atoms with Crippen LogP contribution in [0.25, 0.3) is 77.2 Å². The molecule has 1 aliphatic rings. The molecule has 0 saturated heterocycles. The minimum Gasteiger partial charge on any atom is -0.310 e. The van der Waals surface area contributed by atoms with Gasteiger partial charge in [-0.05, 0) is 140 Å². The summed E-state index contributed by atoms with van der Waals surface area (Å²) < 4.78 is 0. The standard InChI is InChI=1S/C63H44N2/c1-43-58(44-23-8-2-9-24-44)62-55-41-42-57(65(48-31-16-6-17-32-48)49-33-18-7-19-34-49)53-38-21-39-54(61(53)55)63(62)60(45-25-10-3-11-26-45)59(43)52-37-20-36-51-50(52)35-22-40-56(51)64(46-27-12-4-13-28-46)47-29-14-5-15-30-47/h2-42H,1H3. The molecular formula is C63H44N2. The van der Waals surface area contributed by atoms with Crippen molar-refractivity contribution in [1.29, 1.82) is 0 Å². The predicted molar refractivity (Wildman–Crippen MR) is 276 cm³/mol. The van der Waals surface area contributed by atoms with E-state index in [9.17, 15) is 0 Å². The molecule has 0 saturated carbocycles. The van der Waals surface area contributed by atoms with Gasteiger partial charge in [0.15, 0.2) is 0 Å². The lowest BCUT2D eigenvalue weighted by Gasteiger charge is -2.28. The first kappa shape index (κ1) is 38.2. The summed E-state index contributed by atoms with van der Waals surface area (Å²) in [6, 6.07) is 90.4. The highest BCUT2D eigenvalue weighted by molar-refractivity contribution is 6.26. The van der Waals surface area contributed by atoms with Gasteiger partial charge in [-0.15, -0.1) is 0 Å². The average Bonchev–Trinajstić information content (AvgIpc) is 3.70. The summed E-state index contributed by atoms with van der Waals surface area (Å²) in [7, 11) is 0. The van der Waals surface area contributed by atoms with Crippen molar-refractivity contribution in [3.63, 3.8) is 0 Å². The van der Waals surface area contributed by atoms with Gasteiger partial charge >= 0.3 is 0 Å². The van der Waals surface area contributed by atoms with E-state index in [4.69, 9.17) is 0 Å². The van der Waals surface area contributed by atoms with Gasteiger partial charge in [0.05, 0.1) is 11.4 Å². The molecule has 0 atom stereocenters. The molecule has 0 bridgehead atoms. The molecule has 0 aliphatic heterocycles. The zero-order chi connectivity index (χ0) is 43.3. The zero-order valence-corrected chi connectivity index (χ0v) is 36.1. The number of nitrogens with zero attached hydrogens (tertiary/aromatic N) is 2. The molecule has 0 unspecified atom stereocenters. The maximum absolute atomic E-state index is 2.40. The second-order valence-corrected chi connectivity index (χ2v) is 16.8. The molecule has 0 spiro atoms. The van der Waals surface area contributed by atoms with E-state index in [1.165, 1.54) is 82.7 Å². The Morgan fingerprint density at radius 1 is 0.246 bits per heavy atom. The number of rotatable bonds is 9. The summed E-state index contributed by atoms with van der Waals surface area (Å²) in [4.78, 5) is 4.79. The van der Waals surface area contributed by atoms with Gasteiger partial charge in [0.25, 0.3) is 0 Å². The van der Waals surface area contributed by atoms with Gasteiger partial charge in [-0.3, -0.25) is 0 Å². The van der Waals surface area contributed by atoms with E-state index < -0.39 is 0 Å². The third kappa shape index (κ3) is 6.33. The Kier molecular flexibility index (Phi) is 9.43. The lowest BCUT2D eigenvalue weighted by atomic mass is 9.78. The van der Waals surface area contributed by atoms with E-state index in [1.54, 1.807) is 0 Å². The molecule has 11 aromatic carbocycles. The van der Waals surface area contributed by atoms with Gasteiger partial charge in [-0.1, -0.05) is 188 Å². The quantitative estimate of drug-likeness (QED) is 0.143. The Hall–Kier alpha value is -8.46. The van der Waals surface area contributed by atoms with Crippen LogP contribution in [0, 0.1) is 6.92 Å². The molecule has 0 aromatic heterocycles. The monoisotopic (exact) mass is 828 g/mol. The molecule has 0 amide bonds. The van der Waals surface area contributed by atoms with Crippen LogP contribution in [-0.4, -0.2) is 0 Å². The van der Waals surface area contributed by atoms with Crippen LogP contribution < -0.4 is 9.80 Å². The van der Waals surface area contributed by atoms with E-state index in [0.717, 1.165) is 34.1 Å². The van der Waals surface area contributed by atoms with Gasteiger partial charge in [-0.25, -0.2) is 0 Å². The molecule has 1 aliphatic carbocycles. The lowest BCUT2D eigenvalue weighted by molar-refractivity contribution is 1.30. The molecule has 2 heteroatoms. The summed E-state index contributed by atoms with van der Waals surface area (Å²) >= 11 is 0. The summed E-state index contributed by atoms with van der Waals surface area (Å²) in [6.07, 6.45) is 0. The van der Waals surface area contributed by atoms with Crippen molar-refractivity contribution in [2.24, 2.45) is 0 Å². The fraction of sp³-hybridized carbons (Fsp3) is 0.0159. The largest absolute Gasteiger partial charge is 0.310 e. The van der Waals surface area contributed by atoms with Crippen LogP contribution in [0.1, 0.15) is 5.56 Å². The number of para-hydroxylation sites is 4. The maximum Gasteiger partial charge on any atom is 0.0540 e. The second-order valence-electron chi connectivity index (χ2n) is 16.8. The van der Waals surface area contributed by atoms with E-state index in [2.05, 4.69) is 265 Å². The van der Waals surface area contributed by atoms with Gasteiger partial charge in [0.1, 0.15) is 0 Å². The molecule has 65 heavy (non-hydrogen) atoms. The number of anilines is 6. The highest BCUT2D eigenvalue weighted by Crippen LogP contribution is 2.60. The Balaban J connectivity index is 1.18. The number of hydrogen-bond acceptors (Lipinski definition) is 2. The summed E-state index contributed by atoms with van der Waals surface area (Å²) in [6.45, 7) is 2.36. The summed E-state index contributed by atoms with van der Waals surface area (Å²) in [5.41, 5.74) is 20.5. The van der Waals surface area contributed by atoms with Crippen LogP contribution in [0.4, 0.5) is 34.1 Å². The topological polar surface area (TPSA) is 6.48 Å². The van der Waals surface area contributed by atoms with E-state index >= 15 is 0 Å². The van der Waals surface area contributed by atoms with Crippen LogP contribution in [0.3, 0.4) is 0 Å². The van der Waals surface area contributed by atoms with Crippen LogP contribution in [-0.2, 0) is 0 Å². The minimum absolute atomic E-state index is 1.12. The van der Waals surface area contributed by atoms with E-state index in [0.29, 0.717) is 0 Å². The van der Waals surface area contributed by atoms with Gasteiger partial charge < -0.3 is 9.80 Å². The first-order valence-electron chi connectivity index (χ1n) is 22.4. The molecule has 0 N–H and O–H groups in total. The fourth-order valence-electron chi connectivity index (χ4n) is 10.5. The van der Waals surface area contributed by atoms with Crippen molar-refractivity contribution in [1.82, 2.24) is 0 Å². The normalized spacial score (nSPS) is 11.5. The highest BCUT2D eigenvalue weighted by atomic mass is 15.1. The Morgan fingerprint density at radius 2 is 0.631 bits per heavy atom. The minimum atomic E-state index is 1.12. The van der Waals surface area contributed by atoms with Gasteiger partial charge in [0, 0.05) is 33.5 Å². The van der Waals surface area contributed by atoms with Crippen molar-refractivity contribution >= 4 is 55.7 Å². The average molecular weight is 829 g/mol. The second kappa shape index (κ2) is 16.0. The van der Waals surface area contributed by atoms with Crippen LogP contribution in [0.2, 0.25) is 0 Å². The van der Waals surface area contributed by atoms with E-state index in [1.807, 2.05) is 0 Å². The fourth-order valence-corrected chi connectivity index (χ4v) is 10.5. The van der Waals surface area contributed by atoms with Crippen molar-refractivity contribution in [2.45, 2.75) is 6.92 Å². The summed E-state index contributed by atoms with van der Waals surface area (Å²) in [5, 5.41) is 4.90. The Morgan fingerprint density at radius 3 is 1.15 bits per heavy atom. The molecule has 12 rings (SSSR count). The first-order chi connectivity index (χ1) is 32.2. The molecular weight excluding hydrogens is 785 g/mol. The van der Waals surface area contributed by atoms with Crippen LogP contribution in [0.15, 0.2) is 249 Å². The Bertz CT molecular complexity index is 3440. The third-order valence-corrected chi connectivity index (χ3v) is 13.1.